The van der Waals surface area contributed by atoms with Crippen LogP contribution in [0.4, 0.5) is 0 Å². The van der Waals surface area contributed by atoms with Crippen LogP contribution < -0.4 is 5.43 Å². The molecule has 5 heteroatoms. The van der Waals surface area contributed by atoms with Crippen LogP contribution in [-0.4, -0.2) is 12.0 Å². The van der Waals surface area contributed by atoms with E-state index in [2.05, 4.69) is 0 Å². The van der Waals surface area contributed by atoms with Gasteiger partial charge in [-0.2, -0.15) is 0 Å². The summed E-state index contributed by atoms with van der Waals surface area (Å²) in [5, 5.41) is 0.564. The van der Waals surface area contributed by atoms with Crippen LogP contribution in [0.1, 0.15) is 19.1 Å². The molecule has 2 aromatic rings. The lowest BCUT2D eigenvalue weighted by molar-refractivity contribution is 0.139. The van der Waals surface area contributed by atoms with Crippen LogP contribution in [-0.2, 0) is 14.8 Å². The molecule has 0 aliphatic carbocycles. The summed E-state index contributed by atoms with van der Waals surface area (Å²) in [6.07, 6.45) is 4.57. The number of rotatable bonds is 3. The maximum Gasteiger partial charge on any atom is 0.268 e. The lowest BCUT2D eigenvalue weighted by atomic mass is 10.2. The van der Waals surface area contributed by atoms with Crippen molar-refractivity contribution in [3.8, 4) is 0 Å². The van der Waals surface area contributed by atoms with E-state index in [9.17, 15) is 4.79 Å². The second-order valence-corrected chi connectivity index (χ2v) is 6.94. The van der Waals surface area contributed by atoms with E-state index in [0.29, 0.717) is 28.2 Å². The Morgan fingerprint density at radius 1 is 1.40 bits per heavy atom. The van der Waals surface area contributed by atoms with Gasteiger partial charge in [0.05, 0.1) is 12.0 Å². The minimum atomic E-state index is -0.815. The molecule has 0 amide bonds. The maximum atomic E-state index is 12.6. The number of halogens is 1. The first-order valence-electron chi connectivity index (χ1n) is 6.47. The summed E-state index contributed by atoms with van der Waals surface area (Å²) in [4.78, 5) is 13.1. The normalized spacial score (nSPS) is 21.1. The Bertz CT molecular complexity index is 723. The molecule has 0 saturated carbocycles. The van der Waals surface area contributed by atoms with E-state index in [1.807, 2.05) is 25.1 Å². The number of benzene rings is 1. The molecule has 20 heavy (non-hydrogen) atoms. The van der Waals surface area contributed by atoms with Crippen LogP contribution in [0.5, 0.6) is 0 Å². The largest absolute Gasteiger partial charge is 0.451 e. The molecule has 104 valence electrons. The SMILES string of the molecule is CCCOC1C=Cc2oc3ccccc3c(=O)c2[S+]1Cl. The highest BCUT2D eigenvalue weighted by atomic mass is 35.7. The molecular formula is C15H14ClO3S+. The zero-order valence-electron chi connectivity index (χ0n) is 11.0. The van der Waals surface area contributed by atoms with Crippen molar-refractivity contribution in [1.29, 1.82) is 0 Å². The Hall–Kier alpha value is -1.23. The summed E-state index contributed by atoms with van der Waals surface area (Å²) in [7, 11) is 5.63. The summed E-state index contributed by atoms with van der Waals surface area (Å²) in [5.74, 6) is 0.545. The molecule has 0 bridgehead atoms. The van der Waals surface area contributed by atoms with Gasteiger partial charge in [-0.3, -0.25) is 4.79 Å². The van der Waals surface area contributed by atoms with Crippen molar-refractivity contribution in [3.63, 3.8) is 0 Å². The molecule has 2 unspecified atom stereocenters. The smallest absolute Gasteiger partial charge is 0.268 e. The van der Waals surface area contributed by atoms with E-state index in [-0.39, 0.29) is 10.9 Å². The van der Waals surface area contributed by atoms with Crippen molar-refractivity contribution in [1.82, 2.24) is 0 Å². The summed E-state index contributed by atoms with van der Waals surface area (Å²) in [6, 6.07) is 7.21. The third kappa shape index (κ3) is 2.28. The standard InChI is InChI=1S/C15H14ClO3S/c1-2-9-18-13-8-7-12-15(20(13)16)14(17)10-5-3-4-6-11(10)19-12/h3-8,13H,2,9H2,1H3/q+1. The fraction of sp³-hybridized carbons (Fsp3) is 0.267. The summed E-state index contributed by atoms with van der Waals surface area (Å²) < 4.78 is 11.4. The number of para-hydroxylation sites is 1. The Morgan fingerprint density at radius 2 is 2.20 bits per heavy atom. The molecule has 0 saturated heterocycles. The molecule has 3 rings (SSSR count). The first-order chi connectivity index (χ1) is 9.72. The van der Waals surface area contributed by atoms with Gasteiger partial charge in [0.1, 0.15) is 5.58 Å². The third-order valence-electron chi connectivity index (χ3n) is 3.07. The van der Waals surface area contributed by atoms with Gasteiger partial charge in [-0.1, -0.05) is 19.1 Å². The molecule has 1 aromatic carbocycles. The first-order valence-corrected chi connectivity index (χ1v) is 8.58. The third-order valence-corrected chi connectivity index (χ3v) is 5.54. The topological polar surface area (TPSA) is 39.4 Å². The van der Waals surface area contributed by atoms with Crippen molar-refractivity contribution >= 4 is 37.8 Å². The molecule has 0 spiro atoms. The van der Waals surface area contributed by atoms with Crippen LogP contribution in [0.2, 0.25) is 0 Å². The molecule has 2 atom stereocenters. The van der Waals surface area contributed by atoms with E-state index in [1.165, 1.54) is 0 Å². The van der Waals surface area contributed by atoms with E-state index >= 15 is 0 Å². The van der Waals surface area contributed by atoms with Gasteiger partial charge in [0.25, 0.3) is 10.3 Å². The van der Waals surface area contributed by atoms with Gasteiger partial charge in [0, 0.05) is 6.08 Å². The Labute approximate surface area is 124 Å². The van der Waals surface area contributed by atoms with Crippen LogP contribution in [0, 0.1) is 0 Å². The van der Waals surface area contributed by atoms with Crippen molar-refractivity contribution in [2.45, 2.75) is 23.7 Å². The molecule has 0 radical (unpaired) electrons. The zero-order valence-corrected chi connectivity index (χ0v) is 12.5. The summed E-state index contributed by atoms with van der Waals surface area (Å²) >= 11 is 0. The lowest BCUT2D eigenvalue weighted by Gasteiger charge is -2.14. The van der Waals surface area contributed by atoms with Gasteiger partial charge >= 0.3 is 0 Å². The average Bonchev–Trinajstić information content (AvgIpc) is 2.47. The summed E-state index contributed by atoms with van der Waals surface area (Å²) in [5.41, 5.74) is 0.269. The average molecular weight is 310 g/mol. The number of ether oxygens (including phenoxy) is 1. The minimum Gasteiger partial charge on any atom is -0.451 e. The van der Waals surface area contributed by atoms with Gasteiger partial charge in [-0.25, -0.2) is 0 Å². The van der Waals surface area contributed by atoms with Gasteiger partial charge in [-0.15, -0.1) is 0 Å². The molecular weight excluding hydrogens is 296 g/mol. The molecule has 1 aliphatic rings. The van der Waals surface area contributed by atoms with E-state index in [0.717, 1.165) is 6.42 Å². The molecule has 0 fully saturated rings. The fourth-order valence-corrected chi connectivity index (χ4v) is 4.16. The van der Waals surface area contributed by atoms with Crippen LogP contribution in [0.3, 0.4) is 0 Å². The van der Waals surface area contributed by atoms with Crippen molar-refractivity contribution in [2.24, 2.45) is 0 Å². The highest BCUT2D eigenvalue weighted by molar-refractivity contribution is 8.18. The number of hydrogen-bond acceptors (Lipinski definition) is 3. The second-order valence-electron chi connectivity index (χ2n) is 4.50. The highest BCUT2D eigenvalue weighted by Crippen LogP contribution is 2.32. The van der Waals surface area contributed by atoms with Crippen LogP contribution in [0.15, 0.2) is 44.4 Å². The molecule has 1 aromatic heterocycles. The van der Waals surface area contributed by atoms with Gasteiger partial charge in [0.15, 0.2) is 26.6 Å². The Kier molecular flexibility index (Phi) is 3.87. The van der Waals surface area contributed by atoms with Gasteiger partial charge in [0.2, 0.25) is 5.43 Å². The number of fused-ring (bicyclic) bond motifs is 2. The van der Waals surface area contributed by atoms with Crippen LogP contribution >= 0.6 is 10.7 Å². The van der Waals surface area contributed by atoms with E-state index < -0.39 is 10.1 Å². The van der Waals surface area contributed by atoms with Crippen molar-refractivity contribution in [3.05, 3.63) is 46.3 Å². The fourth-order valence-electron chi connectivity index (χ4n) is 2.14. The molecule has 3 nitrogen and oxygen atoms in total. The quantitative estimate of drug-likeness (QED) is 0.812. The van der Waals surface area contributed by atoms with E-state index in [4.69, 9.17) is 19.8 Å². The lowest BCUT2D eigenvalue weighted by Crippen LogP contribution is -2.27. The van der Waals surface area contributed by atoms with Gasteiger partial charge < -0.3 is 9.15 Å². The predicted octanol–water partition coefficient (Wildman–Crippen LogP) is 3.70. The number of hydrogen-bond donors (Lipinski definition) is 0. The van der Waals surface area contributed by atoms with E-state index in [1.54, 1.807) is 18.2 Å². The molecule has 2 heterocycles. The summed E-state index contributed by atoms with van der Waals surface area (Å²) in [6.45, 7) is 2.66. The Morgan fingerprint density at radius 3 is 3.00 bits per heavy atom. The molecule has 0 N–H and O–H groups in total. The Balaban J connectivity index is 2.12. The van der Waals surface area contributed by atoms with Crippen molar-refractivity contribution < 1.29 is 9.15 Å². The van der Waals surface area contributed by atoms with Gasteiger partial charge in [-0.05, 0) is 24.6 Å². The second kappa shape index (κ2) is 5.64. The monoisotopic (exact) mass is 309 g/mol. The molecule has 1 aliphatic heterocycles. The first kappa shape index (κ1) is 13.7. The minimum absolute atomic E-state index is 0.0605. The zero-order chi connectivity index (χ0) is 14.1. The van der Waals surface area contributed by atoms with Crippen molar-refractivity contribution in [2.75, 3.05) is 6.61 Å². The predicted molar refractivity (Wildman–Crippen MR) is 83.0 cm³/mol. The maximum absolute atomic E-state index is 12.6. The van der Waals surface area contributed by atoms with Crippen LogP contribution in [0.25, 0.3) is 17.0 Å². The highest BCUT2D eigenvalue weighted by Gasteiger charge is 2.41.